The van der Waals surface area contributed by atoms with Gasteiger partial charge in [0, 0.05) is 43.2 Å². The summed E-state index contributed by atoms with van der Waals surface area (Å²) in [6, 6.07) is 15.2. The Labute approximate surface area is 365 Å². The number of hydrogen-bond donors (Lipinski definition) is 4. The first-order valence-electron chi connectivity index (χ1n) is 21.6. The molecule has 1 aromatic heterocycles. The predicted molar refractivity (Wildman–Crippen MR) is 239 cm³/mol. The van der Waals surface area contributed by atoms with Crippen LogP contribution in [0.15, 0.2) is 60.0 Å². The highest BCUT2D eigenvalue weighted by molar-refractivity contribution is 7.09. The molecule has 14 nitrogen and oxygen atoms in total. The third-order valence-electron chi connectivity index (χ3n) is 11.8. The number of carbonyl (C=O) groups is 5. The van der Waals surface area contributed by atoms with Crippen molar-refractivity contribution in [3.63, 3.8) is 0 Å². The molecule has 1 aliphatic rings. The molecule has 0 unspecified atom stereocenters. The van der Waals surface area contributed by atoms with Gasteiger partial charge in [-0.3, -0.25) is 24.1 Å². The number of rotatable bonds is 21. The molecule has 5 N–H and O–H groups in total. The molecule has 4 amide bonds. The van der Waals surface area contributed by atoms with Gasteiger partial charge >= 0.3 is 12.1 Å². The zero-order valence-corrected chi connectivity index (χ0v) is 38.0. The van der Waals surface area contributed by atoms with Gasteiger partial charge in [0.15, 0.2) is 6.10 Å². The van der Waals surface area contributed by atoms with E-state index in [0.717, 1.165) is 36.9 Å². The first-order valence-corrected chi connectivity index (χ1v) is 22.4. The Hall–Kier alpha value is -5.02. The van der Waals surface area contributed by atoms with Gasteiger partial charge in [-0.2, -0.15) is 0 Å². The summed E-state index contributed by atoms with van der Waals surface area (Å²) in [5, 5.41) is 10.8. The smallest absolute Gasteiger partial charge is 0.407 e. The summed E-state index contributed by atoms with van der Waals surface area (Å²) in [5.74, 6) is -1.92. The van der Waals surface area contributed by atoms with E-state index in [1.54, 1.807) is 12.3 Å². The number of anilines is 1. The van der Waals surface area contributed by atoms with Gasteiger partial charge in [-0.15, -0.1) is 11.3 Å². The summed E-state index contributed by atoms with van der Waals surface area (Å²) in [6.45, 7) is 10.9. The third-order valence-corrected chi connectivity index (χ3v) is 12.7. The number of nitrogen functional groups attached to an aromatic ring is 1. The number of likely N-dealkylation sites (tertiary alicyclic amines) is 1. The quantitative estimate of drug-likeness (QED) is 0.0714. The summed E-state index contributed by atoms with van der Waals surface area (Å²) in [7, 11) is 4.76. The number of carbonyl (C=O) groups excluding carboxylic acids is 5. The average molecular weight is 862 g/mol. The fourth-order valence-corrected chi connectivity index (χ4v) is 8.71. The second-order valence-corrected chi connectivity index (χ2v) is 17.6. The fraction of sp³-hybridized carbons (Fsp3) is 0.565. The van der Waals surface area contributed by atoms with E-state index in [0.29, 0.717) is 42.9 Å². The number of aromatic nitrogens is 1. The van der Waals surface area contributed by atoms with E-state index in [4.69, 9.17) is 20.2 Å². The van der Waals surface area contributed by atoms with Crippen LogP contribution in [0.1, 0.15) is 106 Å². The third kappa shape index (κ3) is 14.3. The highest BCUT2D eigenvalue weighted by Gasteiger charge is 2.39. The molecule has 0 radical (unpaired) electrons. The molecular weight excluding hydrogens is 795 g/mol. The fourth-order valence-electron chi connectivity index (χ4n) is 7.87. The summed E-state index contributed by atoms with van der Waals surface area (Å²) >= 11 is 1.19. The van der Waals surface area contributed by atoms with E-state index in [9.17, 15) is 19.2 Å². The van der Waals surface area contributed by atoms with Crippen molar-refractivity contribution in [1.82, 2.24) is 30.7 Å². The van der Waals surface area contributed by atoms with Gasteiger partial charge < -0.3 is 36.1 Å². The van der Waals surface area contributed by atoms with Gasteiger partial charge in [-0.25, -0.2) is 9.78 Å². The maximum absolute atomic E-state index is 15.1. The zero-order chi connectivity index (χ0) is 44.6. The first kappa shape index (κ1) is 48.6. The van der Waals surface area contributed by atoms with E-state index in [-0.39, 0.29) is 47.8 Å². The van der Waals surface area contributed by atoms with Gasteiger partial charge in [0.05, 0.1) is 19.1 Å². The topological polar surface area (TPSA) is 185 Å². The summed E-state index contributed by atoms with van der Waals surface area (Å²) in [5.41, 5.74) is 8.75. The van der Waals surface area contributed by atoms with Crippen LogP contribution in [0.25, 0.3) is 0 Å². The Morgan fingerprint density at radius 1 is 0.967 bits per heavy atom. The standard InChI is InChI=1S/C46H67N7O7S/c1-9-30(4)40(51-42(55)37-17-13-14-23-52(37)7)44(56)53(24-22-32-18-20-34(47)21-19-32)38(29(2)3)27-39(60-46(58)48-6)43-50-36(28-61-43)41(54)49-35(25-31(5)45(57)59-8)26-33-15-11-10-12-16-33/h10-12,15-16,18-21,28-31,35,37-40H,9,13-14,17,22-27,47H2,1-8H3,(H,48,58)(H,49,54)(H,51,55)/t30-,31-,35+,37+,38+,39+,40-/m0/s1. The van der Waals surface area contributed by atoms with Crippen LogP contribution in [0.5, 0.6) is 0 Å². The Morgan fingerprint density at radius 2 is 1.67 bits per heavy atom. The SMILES string of the molecule is CC[C@H](C)[C@H](NC(=O)[C@H]1CCCCN1C)C(=O)N(CCc1ccc(N)cc1)[C@H](C[C@@H](OC(=O)NC)c1nc(C(=O)N[C@@H](Cc2ccccc2)C[C@H](C)C(=O)OC)cs1)C(C)C. The van der Waals surface area contributed by atoms with Crippen molar-refractivity contribution in [3.05, 3.63) is 81.8 Å². The largest absolute Gasteiger partial charge is 0.469 e. The van der Waals surface area contributed by atoms with Crippen molar-refractivity contribution >= 4 is 46.8 Å². The van der Waals surface area contributed by atoms with Crippen molar-refractivity contribution < 1.29 is 33.4 Å². The molecule has 61 heavy (non-hydrogen) atoms. The van der Waals surface area contributed by atoms with Crippen molar-refractivity contribution in [2.75, 3.05) is 40.0 Å². The summed E-state index contributed by atoms with van der Waals surface area (Å²) in [6.07, 6.45) is 3.27. The van der Waals surface area contributed by atoms with Crippen LogP contribution in [0, 0.1) is 17.8 Å². The van der Waals surface area contributed by atoms with Gasteiger partial charge in [0.2, 0.25) is 11.8 Å². The molecule has 0 aliphatic carbocycles. The van der Waals surface area contributed by atoms with Gasteiger partial charge in [-0.05, 0) is 80.8 Å². The monoisotopic (exact) mass is 861 g/mol. The molecular formula is C46H67N7O7S. The van der Waals surface area contributed by atoms with Gasteiger partial charge in [0.1, 0.15) is 16.7 Å². The maximum Gasteiger partial charge on any atom is 0.407 e. The molecule has 0 saturated carbocycles. The summed E-state index contributed by atoms with van der Waals surface area (Å²) in [4.78, 5) is 76.7. The van der Waals surface area contributed by atoms with Crippen LogP contribution in [-0.2, 0) is 36.7 Å². The van der Waals surface area contributed by atoms with Crippen LogP contribution >= 0.6 is 11.3 Å². The molecule has 0 spiro atoms. The van der Waals surface area contributed by atoms with Crippen molar-refractivity contribution in [1.29, 1.82) is 0 Å². The van der Waals surface area contributed by atoms with Crippen LogP contribution < -0.4 is 21.7 Å². The minimum atomic E-state index is -0.933. The van der Waals surface area contributed by atoms with Crippen molar-refractivity contribution in [2.24, 2.45) is 17.8 Å². The average Bonchev–Trinajstić information content (AvgIpc) is 3.75. The lowest BCUT2D eigenvalue weighted by atomic mass is 9.91. The highest BCUT2D eigenvalue weighted by atomic mass is 32.1. The molecule has 2 aromatic carbocycles. The van der Waals surface area contributed by atoms with Crippen LogP contribution in [0.4, 0.5) is 10.5 Å². The minimum absolute atomic E-state index is 0.123. The molecule has 2 heterocycles. The molecule has 1 fully saturated rings. The first-order chi connectivity index (χ1) is 29.1. The van der Waals surface area contributed by atoms with Crippen molar-refractivity contribution in [2.45, 2.75) is 116 Å². The highest BCUT2D eigenvalue weighted by Crippen LogP contribution is 2.32. The number of nitrogens with two attached hydrogens (primary N) is 1. The lowest BCUT2D eigenvalue weighted by Gasteiger charge is -2.40. The lowest BCUT2D eigenvalue weighted by Crippen LogP contribution is -2.59. The number of piperidine rings is 1. The number of nitrogens with one attached hydrogen (secondary N) is 3. The molecule has 15 heteroatoms. The van der Waals surface area contributed by atoms with Crippen LogP contribution in [-0.4, -0.2) is 103 Å². The zero-order valence-electron chi connectivity index (χ0n) is 37.1. The van der Waals surface area contributed by atoms with Gasteiger partial charge in [-0.1, -0.05) is 89.9 Å². The molecule has 1 saturated heterocycles. The van der Waals surface area contributed by atoms with Crippen LogP contribution in [0.3, 0.4) is 0 Å². The van der Waals surface area contributed by atoms with E-state index in [2.05, 4.69) is 20.9 Å². The van der Waals surface area contributed by atoms with Crippen LogP contribution in [0.2, 0.25) is 0 Å². The summed E-state index contributed by atoms with van der Waals surface area (Å²) < 4.78 is 11.0. The number of esters is 1. The van der Waals surface area contributed by atoms with E-state index in [1.165, 1.54) is 25.5 Å². The number of benzene rings is 2. The number of ether oxygens (including phenoxy) is 2. The number of amides is 4. The van der Waals surface area contributed by atoms with E-state index >= 15 is 4.79 Å². The number of methoxy groups -OCH3 is 1. The number of nitrogens with zero attached hydrogens (tertiary/aromatic N) is 3. The number of alkyl carbamates (subject to hydrolysis) is 1. The van der Waals surface area contributed by atoms with Crippen molar-refractivity contribution in [3.8, 4) is 0 Å². The Kier molecular flexibility index (Phi) is 19.0. The number of hydrogen-bond acceptors (Lipinski definition) is 11. The predicted octanol–water partition coefficient (Wildman–Crippen LogP) is 6.16. The van der Waals surface area contributed by atoms with Gasteiger partial charge in [0.25, 0.3) is 5.91 Å². The lowest BCUT2D eigenvalue weighted by molar-refractivity contribution is -0.145. The normalized spacial score (nSPS) is 17.2. The molecule has 3 aromatic rings. The Morgan fingerprint density at radius 3 is 2.30 bits per heavy atom. The Balaban J connectivity index is 1.66. The molecule has 1 aliphatic heterocycles. The molecule has 4 rings (SSSR count). The van der Waals surface area contributed by atoms with E-state index < -0.39 is 42.1 Å². The molecule has 0 bridgehead atoms. The minimum Gasteiger partial charge on any atom is -0.469 e. The second-order valence-electron chi connectivity index (χ2n) is 16.7. The number of likely N-dealkylation sites (N-methyl/N-ethyl adjacent to an activating group) is 1. The van der Waals surface area contributed by atoms with E-state index in [1.807, 2.05) is 94.2 Å². The number of thiazole rings is 1. The Bertz CT molecular complexity index is 1870. The second kappa shape index (κ2) is 23.8. The molecule has 334 valence electrons. The maximum atomic E-state index is 15.1. The molecule has 7 atom stereocenters.